The first-order chi connectivity index (χ1) is 22.8. The van der Waals surface area contributed by atoms with E-state index < -0.39 is 5.41 Å². The second-order valence-corrected chi connectivity index (χ2v) is 12.8. The molecule has 0 fully saturated rings. The largest absolute Gasteiger partial charge is 0.455 e. The van der Waals surface area contributed by atoms with Gasteiger partial charge in [-0.2, -0.15) is 0 Å². The monoisotopic (exact) mass is 582 g/mol. The Morgan fingerprint density at radius 2 is 1.00 bits per heavy atom. The SMILES string of the molecule is c1ccc2c(c1)-c1ccc(-c3cccc4c3Oc3cccc5cccc-4c35)cc1C21c2ccccc2-c2ccc3ccccc3c21. The Morgan fingerprint density at radius 3 is 1.87 bits per heavy atom. The quantitative estimate of drug-likeness (QED) is 0.187. The second kappa shape index (κ2) is 8.62. The molecule has 8 aromatic rings. The molecule has 1 spiro atoms. The predicted molar refractivity (Wildman–Crippen MR) is 189 cm³/mol. The van der Waals surface area contributed by atoms with Crippen LogP contribution in [-0.2, 0) is 5.41 Å². The van der Waals surface area contributed by atoms with Crippen molar-refractivity contribution < 1.29 is 4.74 Å². The third-order valence-electron chi connectivity index (χ3n) is 10.7. The van der Waals surface area contributed by atoms with Crippen LogP contribution >= 0.6 is 0 Å². The van der Waals surface area contributed by atoms with Gasteiger partial charge in [0.05, 0.1) is 5.41 Å². The summed E-state index contributed by atoms with van der Waals surface area (Å²) in [6.07, 6.45) is 0. The molecular weight excluding hydrogens is 556 g/mol. The van der Waals surface area contributed by atoms with Gasteiger partial charge < -0.3 is 4.74 Å². The van der Waals surface area contributed by atoms with Gasteiger partial charge in [0.15, 0.2) is 0 Å². The van der Waals surface area contributed by atoms with Crippen LogP contribution in [0.25, 0.3) is 66.1 Å². The molecule has 1 nitrogen and oxygen atoms in total. The van der Waals surface area contributed by atoms with Crippen LogP contribution in [0.1, 0.15) is 22.3 Å². The fraction of sp³-hybridized carbons (Fsp3) is 0.0222. The van der Waals surface area contributed by atoms with Crippen LogP contribution in [0.4, 0.5) is 0 Å². The van der Waals surface area contributed by atoms with Crippen molar-refractivity contribution in [1.82, 2.24) is 0 Å². The van der Waals surface area contributed by atoms with Crippen LogP contribution in [0.5, 0.6) is 11.5 Å². The summed E-state index contributed by atoms with van der Waals surface area (Å²) in [5, 5.41) is 4.97. The van der Waals surface area contributed by atoms with Crippen LogP contribution < -0.4 is 4.74 Å². The summed E-state index contributed by atoms with van der Waals surface area (Å²) in [5.41, 5.74) is 14.9. The highest BCUT2D eigenvalue weighted by Gasteiger charge is 2.52. The van der Waals surface area contributed by atoms with E-state index in [0.29, 0.717) is 0 Å². The van der Waals surface area contributed by atoms with E-state index in [9.17, 15) is 0 Å². The minimum absolute atomic E-state index is 0.428. The molecule has 1 heterocycles. The summed E-state index contributed by atoms with van der Waals surface area (Å²) in [6.45, 7) is 0. The summed E-state index contributed by atoms with van der Waals surface area (Å²) in [5.74, 6) is 1.85. The molecule has 46 heavy (non-hydrogen) atoms. The Balaban J connectivity index is 1.23. The standard InChI is InChI=1S/C45H26O/c1-2-13-30-27(10-1)22-25-36-33-15-4-6-20-39(33)45(43(30)36)38-19-5-3-14-32(38)34-24-23-29(26-40(34)45)31-16-9-18-37-35-17-7-11-28-12-8-21-41(42(28)35)46-44(31)37/h1-26H. The third kappa shape index (κ3) is 2.87. The average molecular weight is 583 g/mol. The van der Waals surface area contributed by atoms with E-state index in [1.807, 2.05) is 0 Å². The van der Waals surface area contributed by atoms with Crippen molar-refractivity contribution in [3.05, 3.63) is 180 Å². The average Bonchev–Trinajstić information content (AvgIpc) is 3.59. The summed E-state index contributed by atoms with van der Waals surface area (Å²) >= 11 is 0. The zero-order valence-corrected chi connectivity index (χ0v) is 24.9. The van der Waals surface area contributed by atoms with Gasteiger partial charge in [-0.25, -0.2) is 0 Å². The number of fused-ring (bicyclic) bond motifs is 14. The Bertz CT molecular complexity index is 2610. The topological polar surface area (TPSA) is 9.23 Å². The van der Waals surface area contributed by atoms with E-state index >= 15 is 0 Å². The molecule has 1 atom stereocenters. The maximum atomic E-state index is 6.80. The molecule has 0 saturated carbocycles. The molecule has 8 aromatic carbocycles. The lowest BCUT2D eigenvalue weighted by Crippen LogP contribution is -2.26. The second-order valence-electron chi connectivity index (χ2n) is 12.8. The highest BCUT2D eigenvalue weighted by molar-refractivity contribution is 6.07. The lowest BCUT2D eigenvalue weighted by Gasteiger charge is -2.32. The highest BCUT2D eigenvalue weighted by atomic mass is 16.5. The minimum atomic E-state index is -0.428. The van der Waals surface area contributed by atoms with Gasteiger partial charge >= 0.3 is 0 Å². The smallest absolute Gasteiger partial charge is 0.143 e. The number of para-hydroxylation sites is 1. The van der Waals surface area contributed by atoms with E-state index in [1.165, 1.54) is 77.2 Å². The Morgan fingerprint density at radius 1 is 0.391 bits per heavy atom. The molecule has 0 saturated heterocycles. The third-order valence-corrected chi connectivity index (χ3v) is 10.7. The van der Waals surface area contributed by atoms with Crippen LogP contribution in [0.15, 0.2) is 158 Å². The zero-order valence-electron chi connectivity index (χ0n) is 24.9. The van der Waals surface area contributed by atoms with Crippen LogP contribution in [0, 0.1) is 0 Å². The van der Waals surface area contributed by atoms with Crippen LogP contribution in [0.3, 0.4) is 0 Å². The van der Waals surface area contributed by atoms with Gasteiger partial charge in [-0.15, -0.1) is 0 Å². The van der Waals surface area contributed by atoms with Crippen molar-refractivity contribution in [2.45, 2.75) is 5.41 Å². The fourth-order valence-corrected chi connectivity index (χ4v) is 8.90. The lowest BCUT2D eigenvalue weighted by molar-refractivity contribution is 0.489. The summed E-state index contributed by atoms with van der Waals surface area (Å²) in [4.78, 5) is 0. The minimum Gasteiger partial charge on any atom is -0.455 e. The van der Waals surface area contributed by atoms with Crippen LogP contribution in [0.2, 0.25) is 0 Å². The molecule has 0 N–H and O–H groups in total. The molecule has 0 bridgehead atoms. The van der Waals surface area contributed by atoms with Gasteiger partial charge in [-0.05, 0) is 83.9 Å². The maximum absolute atomic E-state index is 6.80. The first-order valence-electron chi connectivity index (χ1n) is 16.0. The Labute approximate surface area is 267 Å². The van der Waals surface area contributed by atoms with E-state index in [1.54, 1.807) is 0 Å². The molecule has 1 aliphatic heterocycles. The number of hydrogen-bond donors (Lipinski definition) is 0. The van der Waals surface area contributed by atoms with Gasteiger partial charge in [-0.3, -0.25) is 0 Å². The number of benzene rings is 8. The Hall–Kier alpha value is -5.92. The van der Waals surface area contributed by atoms with Gasteiger partial charge in [0, 0.05) is 16.5 Å². The van der Waals surface area contributed by atoms with Crippen molar-refractivity contribution in [3.63, 3.8) is 0 Å². The molecule has 0 aromatic heterocycles. The van der Waals surface area contributed by atoms with Gasteiger partial charge in [0.2, 0.25) is 0 Å². The Kier molecular flexibility index (Phi) is 4.57. The molecule has 1 heteroatoms. The molecule has 0 radical (unpaired) electrons. The van der Waals surface area contributed by atoms with Crippen molar-refractivity contribution in [3.8, 4) is 56.0 Å². The number of ether oxygens (including phenoxy) is 1. The molecule has 1 unspecified atom stereocenters. The molecular formula is C45H26O. The predicted octanol–water partition coefficient (Wildman–Crippen LogP) is 11.8. The summed E-state index contributed by atoms with van der Waals surface area (Å²) in [6, 6.07) is 58.2. The fourth-order valence-electron chi connectivity index (χ4n) is 8.90. The van der Waals surface area contributed by atoms with Crippen molar-refractivity contribution in [2.24, 2.45) is 0 Å². The lowest BCUT2D eigenvalue weighted by atomic mass is 9.69. The van der Waals surface area contributed by atoms with E-state index in [-0.39, 0.29) is 0 Å². The van der Waals surface area contributed by atoms with E-state index in [0.717, 1.165) is 22.6 Å². The zero-order chi connectivity index (χ0) is 30.0. The van der Waals surface area contributed by atoms with E-state index in [4.69, 9.17) is 4.74 Å². The van der Waals surface area contributed by atoms with Crippen LogP contribution in [-0.4, -0.2) is 0 Å². The highest BCUT2D eigenvalue weighted by Crippen LogP contribution is 2.64. The number of rotatable bonds is 1. The molecule has 0 amide bonds. The number of hydrogen-bond acceptors (Lipinski definition) is 1. The van der Waals surface area contributed by atoms with Crippen molar-refractivity contribution in [1.29, 1.82) is 0 Å². The molecule has 3 aliphatic rings. The first kappa shape index (κ1) is 24.4. The summed E-state index contributed by atoms with van der Waals surface area (Å²) < 4.78 is 6.80. The van der Waals surface area contributed by atoms with Gasteiger partial charge in [0.25, 0.3) is 0 Å². The van der Waals surface area contributed by atoms with E-state index in [2.05, 4.69) is 158 Å². The van der Waals surface area contributed by atoms with Crippen molar-refractivity contribution in [2.75, 3.05) is 0 Å². The first-order valence-corrected chi connectivity index (χ1v) is 16.0. The van der Waals surface area contributed by atoms with Gasteiger partial charge in [0.1, 0.15) is 11.5 Å². The molecule has 212 valence electrons. The molecule has 2 aliphatic carbocycles. The summed E-state index contributed by atoms with van der Waals surface area (Å²) in [7, 11) is 0. The van der Waals surface area contributed by atoms with Crippen molar-refractivity contribution >= 4 is 21.5 Å². The normalized spacial score (nSPS) is 16.1. The maximum Gasteiger partial charge on any atom is 0.143 e. The molecule has 11 rings (SSSR count). The van der Waals surface area contributed by atoms with Gasteiger partial charge in [-0.1, -0.05) is 146 Å².